The summed E-state index contributed by atoms with van der Waals surface area (Å²) in [6, 6.07) is 33.5. The topological polar surface area (TPSA) is 43.1 Å². The summed E-state index contributed by atoms with van der Waals surface area (Å²) in [5, 5.41) is 10.5. The molecule has 0 saturated heterocycles. The van der Waals surface area contributed by atoms with Gasteiger partial charge in [0.05, 0.1) is 4.92 Å². The summed E-state index contributed by atoms with van der Waals surface area (Å²) in [4.78, 5) is 10.1. The van der Waals surface area contributed by atoms with E-state index in [2.05, 4.69) is 12.1 Å². The van der Waals surface area contributed by atoms with Gasteiger partial charge in [0.25, 0.3) is 5.69 Å². The Morgan fingerprint density at radius 1 is 0.567 bits per heavy atom. The highest BCUT2D eigenvalue weighted by atomic mass is 18.2. The molecule has 0 aliphatic carbocycles. The van der Waals surface area contributed by atoms with E-state index >= 15 is 0 Å². The van der Waals surface area contributed by atoms with Crippen molar-refractivity contribution in [1.82, 2.24) is 0 Å². The van der Waals surface area contributed by atoms with Gasteiger partial charge < -0.3 is 0 Å². The summed E-state index contributed by atoms with van der Waals surface area (Å²) in [5.74, 6) is -0.179. The second-order valence-corrected chi connectivity index (χ2v) is 6.87. The van der Waals surface area contributed by atoms with Gasteiger partial charge in [-0.2, -0.15) is 0 Å². The molecule has 0 aromatic heterocycles. The van der Waals surface area contributed by atoms with Crippen LogP contribution in [0.15, 0.2) is 109 Å². The summed E-state index contributed by atoms with van der Waals surface area (Å²) >= 11 is 0. The Morgan fingerprint density at radius 3 is 1.33 bits per heavy atom. The number of hydrogen-bond donors (Lipinski definition) is 0. The number of non-ortho nitro benzene ring substituents is 1. The number of nitro groups is 1. The van der Waals surface area contributed by atoms with Crippen molar-refractivity contribution in [3.05, 3.63) is 147 Å². The summed E-state index contributed by atoms with van der Waals surface area (Å²) < 4.78 is 12.6. The molecule has 0 N–H and O–H groups in total. The van der Waals surface area contributed by atoms with E-state index in [0.29, 0.717) is 0 Å². The Kier molecular flexibility index (Phi) is 7.45. The molecular weight excluding hydrogens is 376 g/mol. The predicted octanol–water partition coefficient (Wildman–Crippen LogP) is 6.60. The predicted molar refractivity (Wildman–Crippen MR) is 118 cm³/mol. The monoisotopic (exact) mass is 398 g/mol. The van der Waals surface area contributed by atoms with Gasteiger partial charge in [-0.05, 0) is 47.2 Å². The number of nitro benzene ring substituents is 1. The molecule has 0 fully saturated rings. The van der Waals surface area contributed by atoms with E-state index in [9.17, 15) is 14.5 Å². The van der Waals surface area contributed by atoms with E-state index < -0.39 is 0 Å². The van der Waals surface area contributed by atoms with Crippen molar-refractivity contribution in [2.24, 2.45) is 0 Å². The van der Waals surface area contributed by atoms with Gasteiger partial charge in [-0.25, -0.2) is 4.39 Å². The van der Waals surface area contributed by atoms with Crippen LogP contribution in [-0.4, -0.2) is 4.92 Å². The van der Waals surface area contributed by atoms with Crippen LogP contribution in [0.3, 0.4) is 0 Å². The standard InChI is InChI=1S/C13H11F.C13H11NO2/c14-13-8-6-12(7-9-13)10-11-4-2-1-3-5-11;15-14(16)13-8-6-12(7-9-13)10-11-4-2-1-3-5-11/h1-9H,10H2;1-9H,10H2/i14-1;. The summed E-state index contributed by atoms with van der Waals surface area (Å²) in [6.07, 6.45) is 1.67. The van der Waals surface area contributed by atoms with Gasteiger partial charge in [0.2, 0.25) is 0 Å². The van der Waals surface area contributed by atoms with Gasteiger partial charge in [0, 0.05) is 12.1 Å². The van der Waals surface area contributed by atoms with Gasteiger partial charge >= 0.3 is 0 Å². The minimum absolute atomic E-state index is 0.136. The minimum atomic E-state index is -0.383. The molecule has 0 atom stereocenters. The Morgan fingerprint density at radius 2 is 0.933 bits per heavy atom. The van der Waals surface area contributed by atoms with Crippen LogP contribution in [0.4, 0.5) is 10.1 Å². The molecule has 0 radical (unpaired) electrons. The smallest absolute Gasteiger partial charge is 0.258 e. The first-order chi connectivity index (χ1) is 14.6. The van der Waals surface area contributed by atoms with Crippen LogP contribution >= 0.6 is 0 Å². The van der Waals surface area contributed by atoms with Crippen LogP contribution in [0.5, 0.6) is 0 Å². The van der Waals surface area contributed by atoms with Gasteiger partial charge in [-0.1, -0.05) is 84.9 Å². The lowest BCUT2D eigenvalue weighted by atomic mass is 10.1. The van der Waals surface area contributed by atoms with Crippen LogP contribution in [0, 0.1) is 15.9 Å². The largest absolute Gasteiger partial charge is 0.269 e. The fraction of sp³-hybridized carbons (Fsp3) is 0.0769. The Labute approximate surface area is 175 Å². The lowest BCUT2D eigenvalue weighted by molar-refractivity contribution is -0.384. The van der Waals surface area contributed by atoms with Gasteiger partial charge in [-0.3, -0.25) is 10.1 Å². The normalized spacial score (nSPS) is 10.0. The molecule has 4 aromatic rings. The molecule has 0 aliphatic heterocycles. The van der Waals surface area contributed by atoms with Crippen molar-refractivity contribution in [2.75, 3.05) is 0 Å². The minimum Gasteiger partial charge on any atom is -0.258 e. The van der Waals surface area contributed by atoms with Crippen molar-refractivity contribution >= 4 is 5.69 Å². The highest BCUT2D eigenvalue weighted by Gasteiger charge is 2.03. The molecule has 4 aromatic carbocycles. The second-order valence-electron chi connectivity index (χ2n) is 6.87. The van der Waals surface area contributed by atoms with E-state index in [1.807, 2.05) is 60.7 Å². The van der Waals surface area contributed by atoms with Crippen LogP contribution < -0.4 is 0 Å². The molecule has 4 rings (SSSR count). The lowest BCUT2D eigenvalue weighted by Gasteiger charge is -2.00. The summed E-state index contributed by atoms with van der Waals surface area (Å²) in [6.45, 7) is 0. The van der Waals surface area contributed by atoms with Gasteiger partial charge in [0.15, 0.2) is 0 Å². The third kappa shape index (κ3) is 6.67. The summed E-state index contributed by atoms with van der Waals surface area (Å²) in [7, 11) is 0. The summed E-state index contributed by atoms with van der Waals surface area (Å²) in [5.41, 5.74) is 4.81. The molecule has 0 amide bonds. The molecule has 150 valence electrons. The number of nitrogens with zero attached hydrogens (tertiary/aromatic N) is 1. The second kappa shape index (κ2) is 10.7. The van der Waals surface area contributed by atoms with Crippen LogP contribution in [-0.2, 0) is 12.8 Å². The first-order valence-corrected chi connectivity index (χ1v) is 9.66. The van der Waals surface area contributed by atoms with E-state index in [1.165, 1.54) is 35.4 Å². The molecule has 0 aliphatic rings. The zero-order valence-electron chi connectivity index (χ0n) is 16.4. The molecule has 0 bridgehead atoms. The maximum absolute atomic E-state index is 12.6. The average molecular weight is 398 g/mol. The van der Waals surface area contributed by atoms with E-state index in [4.69, 9.17) is 0 Å². The number of benzene rings is 4. The molecule has 3 nitrogen and oxygen atoms in total. The molecular formula is C26H22FNO2. The zero-order valence-corrected chi connectivity index (χ0v) is 16.4. The Balaban J connectivity index is 0.000000172. The SMILES string of the molecule is O=[N+]([O-])c1ccc(Cc2ccccc2)cc1.[18F]c1ccc(Cc2ccccc2)cc1. The molecule has 0 unspecified atom stereocenters. The molecule has 0 saturated carbocycles. The van der Waals surface area contributed by atoms with Crippen LogP contribution in [0.2, 0.25) is 0 Å². The molecule has 30 heavy (non-hydrogen) atoms. The Bertz CT molecular complexity index is 1050. The van der Waals surface area contributed by atoms with Crippen molar-refractivity contribution in [2.45, 2.75) is 12.8 Å². The highest BCUT2D eigenvalue weighted by Crippen LogP contribution is 2.15. The average Bonchev–Trinajstić information content (AvgIpc) is 2.78. The first kappa shape index (κ1) is 20.9. The zero-order chi connectivity index (χ0) is 21.2. The fourth-order valence-corrected chi connectivity index (χ4v) is 3.00. The van der Waals surface area contributed by atoms with Crippen molar-refractivity contribution in [3.8, 4) is 0 Å². The molecule has 4 heteroatoms. The quantitative estimate of drug-likeness (QED) is 0.281. The van der Waals surface area contributed by atoms with E-state index in [0.717, 1.165) is 24.0 Å². The van der Waals surface area contributed by atoms with Crippen LogP contribution in [0.25, 0.3) is 0 Å². The van der Waals surface area contributed by atoms with Gasteiger partial charge in [0.1, 0.15) is 5.82 Å². The number of rotatable bonds is 5. The van der Waals surface area contributed by atoms with Crippen molar-refractivity contribution in [3.63, 3.8) is 0 Å². The lowest BCUT2D eigenvalue weighted by Crippen LogP contribution is -1.90. The number of halogens is 1. The molecule has 0 heterocycles. The Hall–Kier alpha value is -3.79. The van der Waals surface area contributed by atoms with E-state index in [1.54, 1.807) is 12.1 Å². The maximum atomic E-state index is 12.6. The van der Waals surface area contributed by atoms with Crippen molar-refractivity contribution in [1.29, 1.82) is 0 Å². The van der Waals surface area contributed by atoms with E-state index in [-0.39, 0.29) is 16.4 Å². The van der Waals surface area contributed by atoms with Crippen molar-refractivity contribution < 1.29 is 9.31 Å². The van der Waals surface area contributed by atoms with Crippen LogP contribution in [0.1, 0.15) is 22.3 Å². The third-order valence-corrected chi connectivity index (χ3v) is 4.56. The third-order valence-electron chi connectivity index (χ3n) is 4.56. The first-order valence-electron chi connectivity index (χ1n) is 9.66. The maximum Gasteiger partial charge on any atom is 0.269 e. The fourth-order valence-electron chi connectivity index (χ4n) is 3.00. The number of hydrogen-bond acceptors (Lipinski definition) is 2. The molecule has 0 spiro atoms. The van der Waals surface area contributed by atoms with Gasteiger partial charge in [-0.15, -0.1) is 0 Å². The highest BCUT2D eigenvalue weighted by molar-refractivity contribution is 5.35.